The number of amides is 2. The maximum Gasteiger partial charge on any atom is 0.242 e. The van der Waals surface area contributed by atoms with E-state index in [0.717, 1.165) is 49.2 Å². The van der Waals surface area contributed by atoms with E-state index < -0.39 is 0 Å². The molecule has 2 aromatic heterocycles. The van der Waals surface area contributed by atoms with E-state index in [-0.39, 0.29) is 24.3 Å². The molecule has 2 saturated heterocycles. The quantitative estimate of drug-likeness (QED) is 0.741. The van der Waals surface area contributed by atoms with Crippen molar-refractivity contribution in [2.75, 3.05) is 46.8 Å². The minimum atomic E-state index is 0.0484. The lowest BCUT2D eigenvalue weighted by molar-refractivity contribution is -0.137. The van der Waals surface area contributed by atoms with Crippen LogP contribution < -0.4 is 0 Å². The highest BCUT2D eigenvalue weighted by Gasteiger charge is 2.32. The first kappa shape index (κ1) is 18.9. The Hall–Kier alpha value is -2.48. The standard InChI is InChI=1S/C20H28N6O2/c1-23(2)11-12-26-20-16(5-3-8-21-20)19(22-26)15-7-10-25(13-15)18(28)14-24-9-4-6-17(24)27/h3,5,8,15H,4,6-7,9-14H2,1-2H3/t15-/m0/s1. The summed E-state index contributed by atoms with van der Waals surface area (Å²) in [6.45, 7) is 3.98. The monoisotopic (exact) mass is 384 g/mol. The summed E-state index contributed by atoms with van der Waals surface area (Å²) in [5.41, 5.74) is 1.95. The summed E-state index contributed by atoms with van der Waals surface area (Å²) in [6.07, 6.45) is 4.13. The van der Waals surface area contributed by atoms with Crippen LogP contribution >= 0.6 is 0 Å². The first-order chi connectivity index (χ1) is 13.5. The van der Waals surface area contributed by atoms with Crippen molar-refractivity contribution < 1.29 is 9.59 Å². The Morgan fingerprint density at radius 2 is 2.18 bits per heavy atom. The van der Waals surface area contributed by atoms with E-state index in [0.29, 0.717) is 19.5 Å². The third-order valence-electron chi connectivity index (χ3n) is 5.72. The van der Waals surface area contributed by atoms with E-state index in [4.69, 9.17) is 5.10 Å². The van der Waals surface area contributed by atoms with Gasteiger partial charge < -0.3 is 14.7 Å². The number of likely N-dealkylation sites (N-methyl/N-ethyl adjacent to an activating group) is 1. The second kappa shape index (κ2) is 7.87. The van der Waals surface area contributed by atoms with Gasteiger partial charge in [0.1, 0.15) is 0 Å². The average molecular weight is 384 g/mol. The van der Waals surface area contributed by atoms with Crippen molar-refractivity contribution in [1.82, 2.24) is 29.5 Å². The summed E-state index contributed by atoms with van der Waals surface area (Å²) >= 11 is 0. The van der Waals surface area contributed by atoms with Gasteiger partial charge in [-0.1, -0.05) is 0 Å². The van der Waals surface area contributed by atoms with Crippen LogP contribution in [0.25, 0.3) is 11.0 Å². The zero-order chi connectivity index (χ0) is 19.7. The lowest BCUT2D eigenvalue weighted by Crippen LogP contribution is -2.39. The van der Waals surface area contributed by atoms with E-state index in [1.165, 1.54) is 0 Å². The number of pyridine rings is 1. The van der Waals surface area contributed by atoms with Crippen LogP contribution in [0.2, 0.25) is 0 Å². The number of carbonyl (C=O) groups is 2. The number of fused-ring (bicyclic) bond motifs is 1. The second-order valence-corrected chi connectivity index (χ2v) is 8.03. The predicted molar refractivity (Wildman–Crippen MR) is 106 cm³/mol. The summed E-state index contributed by atoms with van der Waals surface area (Å²) in [5, 5.41) is 5.96. The fourth-order valence-corrected chi connectivity index (χ4v) is 4.13. The maximum atomic E-state index is 12.7. The number of hydrogen-bond acceptors (Lipinski definition) is 5. The summed E-state index contributed by atoms with van der Waals surface area (Å²) in [5.74, 6) is 0.360. The maximum absolute atomic E-state index is 12.7. The van der Waals surface area contributed by atoms with Crippen LogP contribution in [-0.4, -0.2) is 88.1 Å². The summed E-state index contributed by atoms with van der Waals surface area (Å²) in [4.78, 5) is 34.7. The molecule has 28 heavy (non-hydrogen) atoms. The van der Waals surface area contributed by atoms with E-state index in [2.05, 4.69) is 16.0 Å². The average Bonchev–Trinajstić information content (AvgIpc) is 3.39. The number of rotatable bonds is 6. The first-order valence-electron chi connectivity index (χ1n) is 10.0. The van der Waals surface area contributed by atoms with Gasteiger partial charge in [-0.25, -0.2) is 9.67 Å². The number of hydrogen-bond donors (Lipinski definition) is 0. The molecule has 0 bridgehead atoms. The van der Waals surface area contributed by atoms with Crippen LogP contribution in [0.4, 0.5) is 0 Å². The molecular weight excluding hydrogens is 356 g/mol. The van der Waals surface area contributed by atoms with Gasteiger partial charge in [0.2, 0.25) is 11.8 Å². The highest BCUT2D eigenvalue weighted by Crippen LogP contribution is 2.31. The van der Waals surface area contributed by atoms with Crippen molar-refractivity contribution in [3.63, 3.8) is 0 Å². The molecule has 2 fully saturated rings. The Morgan fingerprint density at radius 1 is 1.32 bits per heavy atom. The SMILES string of the molecule is CN(C)CCn1nc([C@H]2CCN(C(=O)CN3CCCC3=O)C2)c2cccnc21. The Labute approximate surface area is 165 Å². The number of aromatic nitrogens is 3. The van der Waals surface area contributed by atoms with Crippen molar-refractivity contribution in [2.24, 2.45) is 0 Å². The molecule has 4 rings (SSSR count). The molecule has 2 aliphatic rings. The van der Waals surface area contributed by atoms with E-state index >= 15 is 0 Å². The smallest absolute Gasteiger partial charge is 0.242 e. The topological polar surface area (TPSA) is 74.6 Å². The predicted octanol–water partition coefficient (Wildman–Crippen LogP) is 0.931. The molecule has 2 aromatic rings. The van der Waals surface area contributed by atoms with Crippen LogP contribution in [0, 0.1) is 0 Å². The van der Waals surface area contributed by atoms with Crippen molar-refractivity contribution >= 4 is 22.8 Å². The fourth-order valence-electron chi connectivity index (χ4n) is 4.13. The summed E-state index contributed by atoms with van der Waals surface area (Å²) in [6, 6.07) is 4.02. The molecule has 8 nitrogen and oxygen atoms in total. The van der Waals surface area contributed by atoms with Crippen LogP contribution in [0.15, 0.2) is 18.3 Å². The van der Waals surface area contributed by atoms with Crippen LogP contribution in [0.3, 0.4) is 0 Å². The molecule has 0 saturated carbocycles. The van der Waals surface area contributed by atoms with Crippen LogP contribution in [0.1, 0.15) is 30.9 Å². The fraction of sp³-hybridized carbons (Fsp3) is 0.600. The van der Waals surface area contributed by atoms with Crippen LogP contribution in [-0.2, 0) is 16.1 Å². The zero-order valence-corrected chi connectivity index (χ0v) is 16.7. The molecule has 150 valence electrons. The molecule has 8 heteroatoms. The van der Waals surface area contributed by atoms with Gasteiger partial charge in [0.25, 0.3) is 0 Å². The molecule has 0 radical (unpaired) electrons. The van der Waals surface area contributed by atoms with E-state index in [1.54, 1.807) is 11.1 Å². The first-order valence-corrected chi connectivity index (χ1v) is 10.0. The van der Waals surface area contributed by atoms with Crippen LogP contribution in [0.5, 0.6) is 0 Å². The van der Waals surface area contributed by atoms with Crippen molar-refractivity contribution in [2.45, 2.75) is 31.7 Å². The van der Waals surface area contributed by atoms with Crippen molar-refractivity contribution in [1.29, 1.82) is 0 Å². The molecule has 0 spiro atoms. The number of likely N-dealkylation sites (tertiary alicyclic amines) is 2. The van der Waals surface area contributed by atoms with Crippen molar-refractivity contribution in [3.05, 3.63) is 24.0 Å². The third-order valence-corrected chi connectivity index (χ3v) is 5.72. The summed E-state index contributed by atoms with van der Waals surface area (Å²) in [7, 11) is 4.09. The molecule has 0 N–H and O–H groups in total. The lowest BCUT2D eigenvalue weighted by Gasteiger charge is -2.21. The van der Waals surface area contributed by atoms with E-state index in [1.807, 2.05) is 29.7 Å². The zero-order valence-electron chi connectivity index (χ0n) is 16.7. The number of carbonyl (C=O) groups excluding carboxylic acids is 2. The van der Waals surface area contributed by atoms with Gasteiger partial charge in [-0.05, 0) is 39.1 Å². The number of nitrogens with zero attached hydrogens (tertiary/aromatic N) is 6. The van der Waals surface area contributed by atoms with Gasteiger partial charge in [-0.2, -0.15) is 5.10 Å². The minimum Gasteiger partial charge on any atom is -0.340 e. The highest BCUT2D eigenvalue weighted by molar-refractivity contribution is 5.86. The van der Waals surface area contributed by atoms with Gasteiger partial charge in [0.05, 0.1) is 18.8 Å². The Balaban J connectivity index is 1.48. The van der Waals surface area contributed by atoms with Gasteiger partial charge in [0, 0.05) is 50.1 Å². The molecule has 2 amide bonds. The Bertz CT molecular complexity index is 877. The largest absolute Gasteiger partial charge is 0.340 e. The normalized spacial score (nSPS) is 20.1. The van der Waals surface area contributed by atoms with Gasteiger partial charge in [-0.15, -0.1) is 0 Å². The Kier molecular flexibility index (Phi) is 5.30. The third kappa shape index (κ3) is 3.73. The molecular formula is C20H28N6O2. The second-order valence-electron chi connectivity index (χ2n) is 8.03. The molecule has 0 unspecified atom stereocenters. The van der Waals surface area contributed by atoms with E-state index in [9.17, 15) is 9.59 Å². The molecule has 1 atom stereocenters. The molecule has 4 heterocycles. The minimum absolute atomic E-state index is 0.0484. The summed E-state index contributed by atoms with van der Waals surface area (Å²) < 4.78 is 1.98. The van der Waals surface area contributed by atoms with Gasteiger partial charge in [0.15, 0.2) is 5.65 Å². The molecule has 0 aliphatic carbocycles. The lowest BCUT2D eigenvalue weighted by atomic mass is 10.0. The highest BCUT2D eigenvalue weighted by atomic mass is 16.2. The van der Waals surface area contributed by atoms with Gasteiger partial charge in [-0.3, -0.25) is 9.59 Å². The van der Waals surface area contributed by atoms with Gasteiger partial charge >= 0.3 is 0 Å². The Morgan fingerprint density at radius 3 is 2.93 bits per heavy atom. The molecule has 2 aliphatic heterocycles. The molecule has 0 aromatic carbocycles. The van der Waals surface area contributed by atoms with Crippen molar-refractivity contribution in [3.8, 4) is 0 Å².